The molecular formula is C15H23N7. The third kappa shape index (κ3) is 4.51. The van der Waals surface area contributed by atoms with Crippen LogP contribution >= 0.6 is 0 Å². The molecule has 0 unspecified atom stereocenters. The Morgan fingerprint density at radius 1 is 0.818 bits per heavy atom. The molecule has 0 bridgehead atoms. The van der Waals surface area contributed by atoms with E-state index >= 15 is 0 Å². The van der Waals surface area contributed by atoms with Gasteiger partial charge in [-0.3, -0.25) is 0 Å². The normalized spacial score (nSPS) is 20.4. The number of nitrogens with one attached hydrogen (secondary N) is 2. The predicted molar refractivity (Wildman–Crippen MR) is 87.3 cm³/mol. The summed E-state index contributed by atoms with van der Waals surface area (Å²) in [6, 6.07) is 5.82. The number of rotatable bonds is 6. The van der Waals surface area contributed by atoms with Crippen LogP contribution in [-0.4, -0.2) is 53.6 Å². The second-order valence-corrected chi connectivity index (χ2v) is 5.59. The fourth-order valence-corrected chi connectivity index (χ4v) is 2.60. The van der Waals surface area contributed by atoms with E-state index in [1.807, 2.05) is 18.2 Å². The van der Waals surface area contributed by atoms with Gasteiger partial charge < -0.3 is 0 Å². The summed E-state index contributed by atoms with van der Waals surface area (Å²) >= 11 is 0. The Balaban J connectivity index is 1.50. The largest absolute Gasteiger partial charge is 0.246 e. The molecule has 118 valence electrons. The Bertz CT molecular complexity index is 473. The van der Waals surface area contributed by atoms with Gasteiger partial charge in [-0.2, -0.15) is 10.2 Å². The van der Waals surface area contributed by atoms with Crippen LogP contribution in [0.5, 0.6) is 0 Å². The molecule has 0 aliphatic carbocycles. The van der Waals surface area contributed by atoms with E-state index in [4.69, 9.17) is 0 Å². The third-order valence-electron chi connectivity index (χ3n) is 3.80. The number of hydrazone groups is 2. The van der Waals surface area contributed by atoms with Crippen LogP contribution < -0.4 is 11.1 Å². The SMILES string of the molecule is C(=NNN1CCCC1)c1cccc(C=NNN2CCCC2)n1. The first-order valence-electron chi connectivity index (χ1n) is 7.94. The zero-order valence-corrected chi connectivity index (χ0v) is 12.8. The van der Waals surface area contributed by atoms with Crippen molar-refractivity contribution >= 4 is 12.4 Å². The van der Waals surface area contributed by atoms with Gasteiger partial charge in [-0.15, -0.1) is 0 Å². The first-order valence-corrected chi connectivity index (χ1v) is 7.94. The van der Waals surface area contributed by atoms with Crippen LogP contribution in [0.25, 0.3) is 0 Å². The number of pyridine rings is 1. The molecule has 7 nitrogen and oxygen atoms in total. The third-order valence-corrected chi connectivity index (χ3v) is 3.80. The van der Waals surface area contributed by atoms with E-state index in [2.05, 4.69) is 36.3 Å². The number of nitrogens with zero attached hydrogens (tertiary/aromatic N) is 5. The van der Waals surface area contributed by atoms with Crippen molar-refractivity contribution in [3.8, 4) is 0 Å². The van der Waals surface area contributed by atoms with E-state index in [-0.39, 0.29) is 0 Å². The zero-order valence-electron chi connectivity index (χ0n) is 12.8. The molecule has 0 aromatic carbocycles. The molecule has 2 aliphatic rings. The topological polar surface area (TPSA) is 68.2 Å². The molecule has 7 heteroatoms. The second kappa shape index (κ2) is 7.86. The average molecular weight is 301 g/mol. The molecule has 3 rings (SSSR count). The lowest BCUT2D eigenvalue weighted by atomic mass is 10.3. The molecule has 2 saturated heterocycles. The van der Waals surface area contributed by atoms with Crippen molar-refractivity contribution in [1.29, 1.82) is 0 Å². The van der Waals surface area contributed by atoms with Gasteiger partial charge in [0.15, 0.2) is 0 Å². The van der Waals surface area contributed by atoms with Gasteiger partial charge >= 0.3 is 0 Å². The average Bonchev–Trinajstić information content (AvgIpc) is 3.21. The van der Waals surface area contributed by atoms with Crippen LogP contribution in [0, 0.1) is 0 Å². The van der Waals surface area contributed by atoms with Crippen molar-refractivity contribution in [3.63, 3.8) is 0 Å². The molecule has 22 heavy (non-hydrogen) atoms. The number of hydrogen-bond acceptors (Lipinski definition) is 7. The molecule has 0 atom stereocenters. The summed E-state index contributed by atoms with van der Waals surface area (Å²) in [7, 11) is 0. The van der Waals surface area contributed by atoms with Crippen LogP contribution in [0.15, 0.2) is 28.4 Å². The summed E-state index contributed by atoms with van der Waals surface area (Å²) in [5.74, 6) is 0. The summed E-state index contributed by atoms with van der Waals surface area (Å²) in [6.45, 7) is 4.22. The maximum Gasteiger partial charge on any atom is 0.0838 e. The van der Waals surface area contributed by atoms with Crippen LogP contribution in [0.1, 0.15) is 37.1 Å². The Morgan fingerprint density at radius 3 is 1.73 bits per heavy atom. The van der Waals surface area contributed by atoms with Crippen molar-refractivity contribution in [2.45, 2.75) is 25.7 Å². The highest BCUT2D eigenvalue weighted by Crippen LogP contribution is 2.04. The molecule has 2 N–H and O–H groups in total. The Labute approximate surface area is 131 Å². The van der Waals surface area contributed by atoms with Gasteiger partial charge in [0.2, 0.25) is 0 Å². The molecule has 1 aromatic rings. The van der Waals surface area contributed by atoms with Crippen molar-refractivity contribution < 1.29 is 0 Å². The van der Waals surface area contributed by atoms with Crippen molar-refractivity contribution in [2.75, 3.05) is 26.2 Å². The highest BCUT2D eigenvalue weighted by atomic mass is 15.7. The van der Waals surface area contributed by atoms with E-state index in [0.29, 0.717) is 0 Å². The van der Waals surface area contributed by atoms with E-state index in [1.54, 1.807) is 12.4 Å². The first-order chi connectivity index (χ1) is 10.9. The minimum absolute atomic E-state index is 0.816. The summed E-state index contributed by atoms with van der Waals surface area (Å²) in [6.07, 6.45) is 8.41. The minimum Gasteiger partial charge on any atom is -0.246 e. The van der Waals surface area contributed by atoms with Gasteiger partial charge in [-0.05, 0) is 37.8 Å². The maximum absolute atomic E-state index is 4.49. The zero-order chi connectivity index (χ0) is 15.0. The van der Waals surface area contributed by atoms with Gasteiger partial charge in [-0.1, -0.05) is 6.07 Å². The second-order valence-electron chi connectivity index (χ2n) is 5.59. The minimum atomic E-state index is 0.816. The van der Waals surface area contributed by atoms with Gasteiger partial charge in [0.1, 0.15) is 0 Å². The van der Waals surface area contributed by atoms with Crippen molar-refractivity contribution in [3.05, 3.63) is 29.6 Å². The Morgan fingerprint density at radius 2 is 1.27 bits per heavy atom. The smallest absolute Gasteiger partial charge is 0.0838 e. The molecule has 3 heterocycles. The summed E-state index contributed by atoms with van der Waals surface area (Å²) in [5.41, 5.74) is 7.71. The fourth-order valence-electron chi connectivity index (χ4n) is 2.60. The fraction of sp³-hybridized carbons (Fsp3) is 0.533. The molecule has 0 spiro atoms. The molecule has 0 radical (unpaired) electrons. The predicted octanol–water partition coefficient (Wildman–Crippen LogP) is 0.950. The highest BCUT2D eigenvalue weighted by molar-refractivity contribution is 5.81. The van der Waals surface area contributed by atoms with Crippen LogP contribution in [0.3, 0.4) is 0 Å². The number of hydrazine groups is 2. The number of aromatic nitrogens is 1. The Kier molecular flexibility index (Phi) is 5.33. The highest BCUT2D eigenvalue weighted by Gasteiger charge is 2.09. The van der Waals surface area contributed by atoms with Gasteiger partial charge in [0.25, 0.3) is 0 Å². The van der Waals surface area contributed by atoms with Crippen molar-refractivity contribution in [1.82, 2.24) is 26.1 Å². The van der Waals surface area contributed by atoms with Crippen LogP contribution in [0.2, 0.25) is 0 Å². The van der Waals surface area contributed by atoms with E-state index in [0.717, 1.165) is 37.6 Å². The van der Waals surface area contributed by atoms with Gasteiger partial charge in [0, 0.05) is 26.2 Å². The molecular weight excluding hydrogens is 278 g/mol. The lowest BCUT2D eigenvalue weighted by Gasteiger charge is -2.12. The van der Waals surface area contributed by atoms with E-state index in [9.17, 15) is 0 Å². The molecule has 0 saturated carbocycles. The van der Waals surface area contributed by atoms with E-state index < -0.39 is 0 Å². The summed E-state index contributed by atoms with van der Waals surface area (Å²) in [5, 5.41) is 12.7. The monoisotopic (exact) mass is 301 g/mol. The summed E-state index contributed by atoms with van der Waals surface area (Å²) < 4.78 is 0. The first kappa shape index (κ1) is 14.9. The molecule has 2 fully saturated rings. The number of hydrogen-bond donors (Lipinski definition) is 2. The molecule has 1 aromatic heterocycles. The lowest BCUT2D eigenvalue weighted by molar-refractivity contribution is 0.242. The molecule has 2 aliphatic heterocycles. The van der Waals surface area contributed by atoms with Gasteiger partial charge in [-0.25, -0.2) is 26.1 Å². The maximum atomic E-state index is 4.49. The van der Waals surface area contributed by atoms with Crippen molar-refractivity contribution in [2.24, 2.45) is 10.2 Å². The standard InChI is InChI=1S/C15H23N7/c1-2-9-21(8-1)19-16-12-14-6-5-7-15(18-14)13-17-20-22-10-3-4-11-22/h5-7,12-13,19-20H,1-4,8-11H2. The quantitative estimate of drug-likeness (QED) is 0.605. The van der Waals surface area contributed by atoms with E-state index in [1.165, 1.54) is 25.7 Å². The Hall–Kier alpha value is -1.99. The van der Waals surface area contributed by atoms with Crippen LogP contribution in [-0.2, 0) is 0 Å². The summed E-state index contributed by atoms with van der Waals surface area (Å²) in [4.78, 5) is 4.49. The van der Waals surface area contributed by atoms with Crippen LogP contribution in [0.4, 0.5) is 0 Å². The lowest BCUT2D eigenvalue weighted by Crippen LogP contribution is -2.31. The van der Waals surface area contributed by atoms with Gasteiger partial charge in [0.05, 0.1) is 23.8 Å². The molecule has 0 amide bonds.